The van der Waals surface area contributed by atoms with Crippen molar-refractivity contribution in [3.63, 3.8) is 0 Å². The Bertz CT molecular complexity index is 318. The van der Waals surface area contributed by atoms with Gasteiger partial charge in [0.2, 0.25) is 0 Å². The van der Waals surface area contributed by atoms with Crippen LogP contribution in [0, 0.1) is 5.41 Å². The number of anilines is 2. The molecule has 0 atom stereocenters. The summed E-state index contributed by atoms with van der Waals surface area (Å²) in [5, 5.41) is 3.75. The van der Waals surface area contributed by atoms with Gasteiger partial charge in [-0.15, -0.1) is 0 Å². The molecule has 0 saturated heterocycles. The molecule has 0 saturated carbocycles. The van der Waals surface area contributed by atoms with E-state index in [1.165, 1.54) is 0 Å². The van der Waals surface area contributed by atoms with E-state index in [9.17, 15) is 0 Å². The summed E-state index contributed by atoms with van der Waals surface area (Å²) in [5.41, 5.74) is 6.32. The van der Waals surface area contributed by atoms with E-state index in [0.717, 1.165) is 6.54 Å². The third-order valence-corrected chi connectivity index (χ3v) is 1.94. The summed E-state index contributed by atoms with van der Waals surface area (Å²) in [6.07, 6.45) is 1.59. The molecule has 3 N–H and O–H groups in total. The van der Waals surface area contributed by atoms with E-state index in [0.29, 0.717) is 16.5 Å². The Morgan fingerprint density at radius 3 is 2.64 bits per heavy atom. The van der Waals surface area contributed by atoms with Crippen molar-refractivity contribution >= 4 is 23.1 Å². The number of nitrogens with one attached hydrogen (secondary N) is 1. The summed E-state index contributed by atoms with van der Waals surface area (Å²) in [6.45, 7) is 7.26. The fourth-order valence-corrected chi connectivity index (χ4v) is 1.17. The standard InChI is InChI=1S/C10H16ClN3/c1-10(2,3)6-14-9-8(11)4-7(12)5-13-9/h4-5H,6,12H2,1-3H3,(H,13,14). The van der Waals surface area contributed by atoms with Gasteiger partial charge in [0.15, 0.2) is 0 Å². The van der Waals surface area contributed by atoms with Crippen LogP contribution in [0.3, 0.4) is 0 Å². The Kier molecular flexibility index (Phi) is 3.21. The van der Waals surface area contributed by atoms with Crippen molar-refractivity contribution in [1.29, 1.82) is 0 Å². The predicted molar refractivity (Wildman–Crippen MR) is 61.6 cm³/mol. The molecule has 0 aliphatic carbocycles. The highest BCUT2D eigenvalue weighted by Crippen LogP contribution is 2.22. The number of aromatic nitrogens is 1. The van der Waals surface area contributed by atoms with Crippen LogP contribution in [0.25, 0.3) is 0 Å². The lowest BCUT2D eigenvalue weighted by Gasteiger charge is -2.19. The van der Waals surface area contributed by atoms with Crippen LogP contribution >= 0.6 is 11.6 Å². The Morgan fingerprint density at radius 2 is 2.14 bits per heavy atom. The van der Waals surface area contributed by atoms with Crippen LogP contribution in [0.2, 0.25) is 5.02 Å². The molecule has 0 unspecified atom stereocenters. The van der Waals surface area contributed by atoms with Crippen LogP contribution in [0.15, 0.2) is 12.3 Å². The number of hydrogen-bond donors (Lipinski definition) is 2. The molecule has 0 spiro atoms. The van der Waals surface area contributed by atoms with Crippen molar-refractivity contribution in [2.75, 3.05) is 17.6 Å². The smallest absolute Gasteiger partial charge is 0.144 e. The topological polar surface area (TPSA) is 50.9 Å². The van der Waals surface area contributed by atoms with Gasteiger partial charge in [0.1, 0.15) is 5.82 Å². The molecular weight excluding hydrogens is 198 g/mol. The minimum atomic E-state index is 0.201. The minimum Gasteiger partial charge on any atom is -0.397 e. The molecule has 0 aromatic carbocycles. The lowest BCUT2D eigenvalue weighted by Crippen LogP contribution is -2.19. The highest BCUT2D eigenvalue weighted by atomic mass is 35.5. The average molecular weight is 214 g/mol. The molecule has 0 radical (unpaired) electrons. The molecule has 1 rings (SSSR count). The highest BCUT2D eigenvalue weighted by molar-refractivity contribution is 6.33. The summed E-state index contributed by atoms with van der Waals surface area (Å²) < 4.78 is 0. The van der Waals surface area contributed by atoms with Gasteiger partial charge in [-0.1, -0.05) is 32.4 Å². The van der Waals surface area contributed by atoms with Gasteiger partial charge in [0, 0.05) is 6.54 Å². The minimum absolute atomic E-state index is 0.201. The van der Waals surface area contributed by atoms with E-state index in [1.807, 2.05) is 0 Å². The maximum Gasteiger partial charge on any atom is 0.144 e. The van der Waals surface area contributed by atoms with Crippen LogP contribution in [-0.2, 0) is 0 Å². The Hall–Kier alpha value is -0.960. The molecule has 0 fully saturated rings. The summed E-state index contributed by atoms with van der Waals surface area (Å²) in [6, 6.07) is 1.69. The molecule has 0 aliphatic rings. The van der Waals surface area contributed by atoms with E-state index in [-0.39, 0.29) is 5.41 Å². The second-order valence-corrected chi connectivity index (χ2v) is 4.92. The number of hydrogen-bond acceptors (Lipinski definition) is 3. The molecule has 1 aromatic rings. The largest absolute Gasteiger partial charge is 0.397 e. The Labute approximate surface area is 89.7 Å². The number of halogens is 1. The van der Waals surface area contributed by atoms with Crippen molar-refractivity contribution in [1.82, 2.24) is 4.98 Å². The first-order valence-electron chi connectivity index (χ1n) is 4.53. The number of nitrogens with two attached hydrogens (primary N) is 1. The number of nitrogen functional groups attached to an aromatic ring is 1. The van der Waals surface area contributed by atoms with Gasteiger partial charge in [-0.05, 0) is 11.5 Å². The number of rotatable bonds is 2. The second kappa shape index (κ2) is 4.05. The second-order valence-electron chi connectivity index (χ2n) is 4.51. The first-order valence-corrected chi connectivity index (χ1v) is 4.91. The van der Waals surface area contributed by atoms with Gasteiger partial charge in [-0.25, -0.2) is 4.98 Å². The molecule has 4 heteroatoms. The van der Waals surface area contributed by atoms with Crippen molar-refractivity contribution in [3.05, 3.63) is 17.3 Å². The van der Waals surface area contributed by atoms with E-state index in [4.69, 9.17) is 17.3 Å². The first kappa shape index (κ1) is 11.1. The van der Waals surface area contributed by atoms with Crippen molar-refractivity contribution in [2.24, 2.45) is 5.41 Å². The first-order chi connectivity index (χ1) is 6.38. The molecule has 0 aliphatic heterocycles. The number of nitrogens with zero attached hydrogens (tertiary/aromatic N) is 1. The van der Waals surface area contributed by atoms with Crippen LogP contribution in [0.5, 0.6) is 0 Å². The lowest BCUT2D eigenvalue weighted by atomic mass is 9.97. The van der Waals surface area contributed by atoms with E-state index < -0.39 is 0 Å². The molecule has 3 nitrogen and oxygen atoms in total. The summed E-state index contributed by atoms with van der Waals surface area (Å²) >= 11 is 5.95. The van der Waals surface area contributed by atoms with Crippen LogP contribution in [0.4, 0.5) is 11.5 Å². The molecule has 14 heavy (non-hydrogen) atoms. The normalized spacial score (nSPS) is 11.4. The Morgan fingerprint density at radius 1 is 1.50 bits per heavy atom. The van der Waals surface area contributed by atoms with Crippen molar-refractivity contribution in [3.8, 4) is 0 Å². The molecule has 0 amide bonds. The molecular formula is C10H16ClN3. The van der Waals surface area contributed by atoms with E-state index in [2.05, 4.69) is 31.1 Å². The maximum absolute atomic E-state index is 5.95. The molecule has 78 valence electrons. The average Bonchev–Trinajstić information content (AvgIpc) is 2.00. The zero-order valence-electron chi connectivity index (χ0n) is 8.76. The van der Waals surface area contributed by atoms with Gasteiger partial charge in [-0.2, -0.15) is 0 Å². The SMILES string of the molecule is CC(C)(C)CNc1ncc(N)cc1Cl. The van der Waals surface area contributed by atoms with Gasteiger partial charge in [-0.3, -0.25) is 0 Å². The van der Waals surface area contributed by atoms with Crippen LogP contribution < -0.4 is 11.1 Å². The number of pyridine rings is 1. The highest BCUT2D eigenvalue weighted by Gasteiger charge is 2.11. The molecule has 1 aromatic heterocycles. The molecule has 1 heterocycles. The molecule has 0 bridgehead atoms. The summed E-state index contributed by atoms with van der Waals surface area (Å²) in [5.74, 6) is 0.691. The maximum atomic E-state index is 5.95. The van der Waals surface area contributed by atoms with Crippen LogP contribution in [-0.4, -0.2) is 11.5 Å². The third kappa shape index (κ3) is 3.42. The van der Waals surface area contributed by atoms with Gasteiger partial charge < -0.3 is 11.1 Å². The van der Waals surface area contributed by atoms with E-state index >= 15 is 0 Å². The zero-order chi connectivity index (χ0) is 10.8. The van der Waals surface area contributed by atoms with Gasteiger partial charge >= 0.3 is 0 Å². The van der Waals surface area contributed by atoms with Crippen molar-refractivity contribution in [2.45, 2.75) is 20.8 Å². The lowest BCUT2D eigenvalue weighted by molar-refractivity contribution is 0.442. The van der Waals surface area contributed by atoms with Gasteiger partial charge in [0.05, 0.1) is 16.9 Å². The zero-order valence-corrected chi connectivity index (χ0v) is 9.52. The predicted octanol–water partition coefficient (Wildman–Crippen LogP) is 2.78. The Balaban J connectivity index is 2.68. The fraction of sp³-hybridized carbons (Fsp3) is 0.500. The summed E-state index contributed by atoms with van der Waals surface area (Å²) in [4.78, 5) is 4.11. The van der Waals surface area contributed by atoms with Crippen molar-refractivity contribution < 1.29 is 0 Å². The quantitative estimate of drug-likeness (QED) is 0.795. The van der Waals surface area contributed by atoms with Gasteiger partial charge in [0.25, 0.3) is 0 Å². The van der Waals surface area contributed by atoms with E-state index in [1.54, 1.807) is 12.3 Å². The summed E-state index contributed by atoms with van der Waals surface area (Å²) in [7, 11) is 0. The third-order valence-electron chi connectivity index (χ3n) is 1.65. The fourth-order valence-electron chi connectivity index (χ4n) is 0.932. The van der Waals surface area contributed by atoms with Crippen LogP contribution in [0.1, 0.15) is 20.8 Å². The monoisotopic (exact) mass is 213 g/mol.